The molecule has 1 heterocycles. The molecule has 1 aliphatic heterocycles. The van der Waals surface area contributed by atoms with Gasteiger partial charge in [-0.05, 0) is 62.0 Å². The van der Waals surface area contributed by atoms with E-state index in [1.54, 1.807) is 0 Å². The monoisotopic (exact) mass is 372 g/mol. The molecule has 1 aromatic carbocycles. The second-order valence-electron chi connectivity index (χ2n) is 8.82. The highest BCUT2D eigenvalue weighted by atomic mass is 16.7. The molecular weight excluding hydrogens is 340 g/mol. The number of carbonyl (C=O) groups is 1. The third-order valence-electron chi connectivity index (χ3n) is 7.32. The van der Waals surface area contributed by atoms with Crippen LogP contribution in [0.25, 0.3) is 0 Å². The van der Waals surface area contributed by atoms with Crippen LogP contribution in [-0.4, -0.2) is 31.6 Å². The van der Waals surface area contributed by atoms with Crippen molar-refractivity contribution < 1.29 is 19.0 Å². The van der Waals surface area contributed by atoms with Gasteiger partial charge in [0.15, 0.2) is 6.29 Å². The van der Waals surface area contributed by atoms with Crippen molar-refractivity contribution in [1.82, 2.24) is 0 Å². The molecule has 4 nitrogen and oxygen atoms in total. The highest BCUT2D eigenvalue weighted by Crippen LogP contribution is 2.59. The predicted octanol–water partition coefficient (Wildman–Crippen LogP) is 4.83. The van der Waals surface area contributed by atoms with Crippen molar-refractivity contribution >= 4 is 5.97 Å². The molecule has 27 heavy (non-hydrogen) atoms. The molecule has 0 unspecified atom stereocenters. The molecule has 1 aromatic rings. The lowest BCUT2D eigenvalue weighted by atomic mass is 9.61. The first kappa shape index (κ1) is 18.9. The zero-order chi connectivity index (χ0) is 18.9. The fraction of sp³-hybridized carbons (Fsp3) is 0.696. The molecule has 3 aliphatic rings. The molecule has 1 saturated heterocycles. The first-order chi connectivity index (χ1) is 13.1. The standard InChI is InChI=1S/C23H32O4/c1-16(22-25-14-7-15-26-22)18-11-12-19-20(10-6-13-23(18,19)2)27-21(24)17-8-4-3-5-9-17/h3-5,8-9,16,18-20,22H,6-7,10-15H2,1-2H3/t16-,18+,19-,20-,23+/m0/s1. The molecule has 0 amide bonds. The average Bonchev–Trinajstić information content (AvgIpc) is 3.06. The fourth-order valence-corrected chi connectivity index (χ4v) is 5.94. The second kappa shape index (κ2) is 7.92. The Bertz CT molecular complexity index is 639. The number of rotatable bonds is 4. The average molecular weight is 373 g/mol. The first-order valence-corrected chi connectivity index (χ1v) is 10.6. The summed E-state index contributed by atoms with van der Waals surface area (Å²) in [6.07, 6.45) is 6.56. The molecule has 0 N–H and O–H groups in total. The maximum atomic E-state index is 12.6. The number of esters is 1. The van der Waals surface area contributed by atoms with Gasteiger partial charge in [0.2, 0.25) is 0 Å². The summed E-state index contributed by atoms with van der Waals surface area (Å²) in [4.78, 5) is 12.6. The highest BCUT2D eigenvalue weighted by molar-refractivity contribution is 5.89. The summed E-state index contributed by atoms with van der Waals surface area (Å²) in [5.74, 6) is 1.20. The molecule has 0 aromatic heterocycles. The minimum Gasteiger partial charge on any atom is -0.458 e. The van der Waals surface area contributed by atoms with Crippen LogP contribution in [0.3, 0.4) is 0 Å². The van der Waals surface area contributed by atoms with Crippen LogP contribution in [-0.2, 0) is 14.2 Å². The number of carbonyl (C=O) groups excluding carboxylic acids is 1. The van der Waals surface area contributed by atoms with Gasteiger partial charge in [-0.25, -0.2) is 4.79 Å². The van der Waals surface area contributed by atoms with Crippen LogP contribution >= 0.6 is 0 Å². The Morgan fingerprint density at radius 2 is 1.85 bits per heavy atom. The van der Waals surface area contributed by atoms with Crippen LogP contribution in [0.1, 0.15) is 62.7 Å². The number of ether oxygens (including phenoxy) is 3. The van der Waals surface area contributed by atoms with E-state index in [0.29, 0.717) is 23.3 Å². The van der Waals surface area contributed by atoms with Gasteiger partial charge in [-0.2, -0.15) is 0 Å². The quantitative estimate of drug-likeness (QED) is 0.710. The van der Waals surface area contributed by atoms with Crippen molar-refractivity contribution in [3.8, 4) is 0 Å². The van der Waals surface area contributed by atoms with Gasteiger partial charge in [0, 0.05) is 11.8 Å². The van der Waals surface area contributed by atoms with Gasteiger partial charge in [-0.1, -0.05) is 32.0 Å². The highest BCUT2D eigenvalue weighted by Gasteiger charge is 2.55. The Morgan fingerprint density at radius 3 is 2.59 bits per heavy atom. The lowest BCUT2D eigenvalue weighted by Gasteiger charge is -2.47. The zero-order valence-electron chi connectivity index (χ0n) is 16.6. The zero-order valence-corrected chi connectivity index (χ0v) is 16.6. The van der Waals surface area contributed by atoms with Gasteiger partial charge < -0.3 is 14.2 Å². The molecule has 5 atom stereocenters. The van der Waals surface area contributed by atoms with Crippen LogP contribution in [0.5, 0.6) is 0 Å². The second-order valence-corrected chi connectivity index (χ2v) is 8.82. The lowest BCUT2D eigenvalue weighted by Crippen LogP contribution is -2.46. The van der Waals surface area contributed by atoms with E-state index in [-0.39, 0.29) is 23.8 Å². The van der Waals surface area contributed by atoms with Crippen molar-refractivity contribution in [1.29, 1.82) is 0 Å². The van der Waals surface area contributed by atoms with E-state index in [1.165, 1.54) is 12.8 Å². The first-order valence-electron chi connectivity index (χ1n) is 10.6. The maximum absolute atomic E-state index is 12.6. The van der Waals surface area contributed by atoms with E-state index in [4.69, 9.17) is 14.2 Å². The van der Waals surface area contributed by atoms with Crippen molar-refractivity contribution in [3.05, 3.63) is 35.9 Å². The van der Waals surface area contributed by atoms with Gasteiger partial charge >= 0.3 is 5.97 Å². The van der Waals surface area contributed by atoms with Crippen LogP contribution < -0.4 is 0 Å². The molecule has 0 radical (unpaired) electrons. The van der Waals surface area contributed by atoms with Gasteiger partial charge in [0.05, 0.1) is 18.8 Å². The van der Waals surface area contributed by atoms with E-state index >= 15 is 0 Å². The van der Waals surface area contributed by atoms with Crippen LogP contribution in [0.15, 0.2) is 30.3 Å². The summed E-state index contributed by atoms with van der Waals surface area (Å²) in [5.41, 5.74) is 0.848. The third-order valence-corrected chi connectivity index (χ3v) is 7.32. The van der Waals surface area contributed by atoms with E-state index in [2.05, 4.69) is 13.8 Å². The Kier molecular flexibility index (Phi) is 5.56. The van der Waals surface area contributed by atoms with Crippen LogP contribution in [0, 0.1) is 23.2 Å². The Morgan fingerprint density at radius 1 is 1.11 bits per heavy atom. The van der Waals surface area contributed by atoms with Crippen molar-refractivity contribution in [2.75, 3.05) is 13.2 Å². The summed E-state index contributed by atoms with van der Waals surface area (Å²) in [7, 11) is 0. The molecule has 148 valence electrons. The summed E-state index contributed by atoms with van der Waals surface area (Å²) < 4.78 is 17.9. The normalized spacial score (nSPS) is 35.4. The number of hydrogen-bond donors (Lipinski definition) is 0. The SMILES string of the molecule is C[C@H](C1OCCCO1)[C@H]1CC[C@H]2[C@@H](OC(=O)c3ccccc3)CCC[C@]12C. The van der Waals surface area contributed by atoms with Gasteiger partial charge in [0.1, 0.15) is 6.10 Å². The molecule has 2 saturated carbocycles. The van der Waals surface area contributed by atoms with Gasteiger partial charge in [0.25, 0.3) is 0 Å². The van der Waals surface area contributed by atoms with E-state index in [0.717, 1.165) is 38.9 Å². The van der Waals surface area contributed by atoms with Crippen LogP contribution in [0.4, 0.5) is 0 Å². The van der Waals surface area contributed by atoms with Crippen molar-refractivity contribution in [2.45, 2.75) is 64.8 Å². The number of hydrogen-bond acceptors (Lipinski definition) is 4. The lowest BCUT2D eigenvalue weighted by molar-refractivity contribution is -0.218. The smallest absolute Gasteiger partial charge is 0.338 e. The molecule has 3 fully saturated rings. The topological polar surface area (TPSA) is 44.8 Å². The molecule has 0 spiro atoms. The largest absolute Gasteiger partial charge is 0.458 e. The number of benzene rings is 1. The van der Waals surface area contributed by atoms with Gasteiger partial charge in [-0.15, -0.1) is 0 Å². The maximum Gasteiger partial charge on any atom is 0.338 e. The predicted molar refractivity (Wildman–Crippen MR) is 103 cm³/mol. The van der Waals surface area contributed by atoms with Crippen molar-refractivity contribution in [2.24, 2.45) is 23.2 Å². The summed E-state index contributed by atoms with van der Waals surface area (Å²) in [6.45, 7) is 6.31. The molecule has 0 bridgehead atoms. The Labute approximate surface area is 162 Å². The molecule has 2 aliphatic carbocycles. The van der Waals surface area contributed by atoms with E-state index in [9.17, 15) is 4.79 Å². The Hall–Kier alpha value is -1.39. The van der Waals surface area contributed by atoms with E-state index < -0.39 is 0 Å². The summed E-state index contributed by atoms with van der Waals surface area (Å²) in [6, 6.07) is 9.37. The van der Waals surface area contributed by atoms with Crippen molar-refractivity contribution in [3.63, 3.8) is 0 Å². The van der Waals surface area contributed by atoms with Gasteiger partial charge in [-0.3, -0.25) is 0 Å². The third kappa shape index (κ3) is 3.66. The fourth-order valence-electron chi connectivity index (χ4n) is 5.94. The molecule has 4 heteroatoms. The summed E-state index contributed by atoms with van der Waals surface area (Å²) >= 11 is 0. The minimum atomic E-state index is -0.180. The summed E-state index contributed by atoms with van der Waals surface area (Å²) in [5, 5.41) is 0. The molecule has 4 rings (SSSR count). The minimum absolute atomic E-state index is 0.0295. The van der Waals surface area contributed by atoms with E-state index in [1.807, 2.05) is 30.3 Å². The molecular formula is C23H32O4. The number of fused-ring (bicyclic) bond motifs is 1. The Balaban J connectivity index is 1.46. The van der Waals surface area contributed by atoms with Crippen LogP contribution in [0.2, 0.25) is 0 Å².